The van der Waals surface area contributed by atoms with Crippen molar-refractivity contribution < 1.29 is 14.4 Å². The van der Waals surface area contributed by atoms with Crippen LogP contribution in [0.2, 0.25) is 0 Å². The molecule has 6 nitrogen and oxygen atoms in total. The van der Waals surface area contributed by atoms with E-state index in [1.165, 1.54) is 9.80 Å². The lowest BCUT2D eigenvalue weighted by Crippen LogP contribution is -2.35. The number of hydrogen-bond donors (Lipinski definition) is 1. The van der Waals surface area contributed by atoms with Crippen LogP contribution in [0.5, 0.6) is 0 Å². The van der Waals surface area contributed by atoms with Gasteiger partial charge in [-0.15, -0.1) is 0 Å². The first-order valence-corrected chi connectivity index (χ1v) is 10.7. The molecule has 152 valence electrons. The number of nitrogens with one attached hydrogen (secondary N) is 1. The number of hydrogen-bond acceptors (Lipinski definition) is 5. The summed E-state index contributed by atoms with van der Waals surface area (Å²) in [5.74, 6) is -0.949. The van der Waals surface area contributed by atoms with Gasteiger partial charge in [0.2, 0.25) is 5.91 Å². The molecule has 1 fully saturated rings. The first-order valence-electron chi connectivity index (χ1n) is 9.46. The van der Waals surface area contributed by atoms with Crippen molar-refractivity contribution in [3.8, 4) is 0 Å². The van der Waals surface area contributed by atoms with Crippen molar-refractivity contribution in [2.45, 2.75) is 13.8 Å². The smallest absolute Gasteiger partial charge is 0.266 e. The molecule has 3 amide bonds. The number of fused-ring (bicyclic) bond motifs is 1. The quantitative estimate of drug-likeness (QED) is 0.585. The number of thiocarbonyl (C=S) groups is 1. The van der Waals surface area contributed by atoms with Gasteiger partial charge < -0.3 is 5.32 Å². The van der Waals surface area contributed by atoms with Crippen molar-refractivity contribution in [3.63, 3.8) is 0 Å². The van der Waals surface area contributed by atoms with E-state index in [-0.39, 0.29) is 24.3 Å². The fourth-order valence-corrected chi connectivity index (χ4v) is 5.00. The minimum atomic E-state index is -0.368. The first kappa shape index (κ1) is 20.3. The molecule has 1 N–H and O–H groups in total. The number of nitrogens with zero attached hydrogens (tertiary/aromatic N) is 2. The van der Waals surface area contributed by atoms with E-state index in [1.54, 1.807) is 24.3 Å². The van der Waals surface area contributed by atoms with Gasteiger partial charge in [-0.2, -0.15) is 0 Å². The Labute approximate surface area is 183 Å². The predicted octanol–water partition coefficient (Wildman–Crippen LogP) is 3.57. The molecule has 0 spiro atoms. The highest BCUT2D eigenvalue weighted by atomic mass is 32.2. The van der Waals surface area contributed by atoms with Gasteiger partial charge in [-0.25, -0.2) is 0 Å². The molecule has 0 aromatic heterocycles. The molecule has 1 saturated heterocycles. The van der Waals surface area contributed by atoms with Crippen LogP contribution >= 0.6 is 24.0 Å². The number of para-hydroxylation sites is 1. The van der Waals surface area contributed by atoms with Crippen LogP contribution in [0.25, 0.3) is 5.57 Å². The van der Waals surface area contributed by atoms with E-state index in [2.05, 4.69) is 5.32 Å². The number of amides is 3. The first-order chi connectivity index (χ1) is 14.4. The molecule has 2 aromatic rings. The molecule has 0 saturated carbocycles. The van der Waals surface area contributed by atoms with Gasteiger partial charge in [0.05, 0.1) is 16.2 Å². The second-order valence-corrected chi connectivity index (χ2v) is 8.59. The number of carbonyl (C=O) groups excluding carboxylic acids is 3. The fraction of sp³-hybridized carbons (Fsp3) is 0.182. The van der Waals surface area contributed by atoms with Gasteiger partial charge in [-0.3, -0.25) is 24.2 Å². The van der Waals surface area contributed by atoms with E-state index >= 15 is 0 Å². The minimum Gasteiger partial charge on any atom is -0.325 e. The topological polar surface area (TPSA) is 69.7 Å². The third-order valence-electron chi connectivity index (χ3n) is 4.92. The molecule has 4 rings (SSSR count). The summed E-state index contributed by atoms with van der Waals surface area (Å²) in [5, 5.41) is 2.83. The molecular formula is C22H19N3O3S2. The molecule has 0 atom stereocenters. The Morgan fingerprint density at radius 3 is 2.53 bits per heavy atom. The van der Waals surface area contributed by atoms with Crippen molar-refractivity contribution in [3.05, 3.63) is 64.6 Å². The normalized spacial score (nSPS) is 18.3. The van der Waals surface area contributed by atoms with Gasteiger partial charge in [0.25, 0.3) is 11.8 Å². The lowest BCUT2D eigenvalue weighted by atomic mass is 10.1. The summed E-state index contributed by atoms with van der Waals surface area (Å²) in [6.45, 7) is 4.07. The second kappa shape index (κ2) is 8.04. The van der Waals surface area contributed by atoms with Crippen LogP contribution in [0.4, 0.5) is 11.4 Å². The van der Waals surface area contributed by atoms with E-state index in [1.807, 2.05) is 38.1 Å². The standard InChI is InChI=1S/C22H19N3O3S2/c1-3-24-21(28)19(30-22(24)29)18-15-9-4-5-10-16(15)25(20(18)27)12-17(26)23-14-8-6-7-13(2)11-14/h4-11H,3,12H2,1-2H3,(H,23,26)/b19-18-. The molecule has 8 heteroatoms. The summed E-state index contributed by atoms with van der Waals surface area (Å²) < 4.78 is 0.436. The maximum atomic E-state index is 13.3. The van der Waals surface area contributed by atoms with Crippen LogP contribution in [-0.4, -0.2) is 40.0 Å². The number of aryl methyl sites for hydroxylation is 1. The number of thioether (sulfide) groups is 1. The SMILES string of the molecule is CCN1C(=O)/C(=C2/C(=O)N(CC(=O)Nc3cccc(C)c3)c3ccccc32)SC1=S. The van der Waals surface area contributed by atoms with Crippen LogP contribution in [-0.2, 0) is 14.4 Å². The summed E-state index contributed by atoms with van der Waals surface area (Å²) in [5.41, 5.74) is 3.25. The third-order valence-corrected chi connectivity index (χ3v) is 6.37. The number of rotatable bonds is 4. The molecule has 0 bridgehead atoms. The Hall–Kier alpha value is -2.97. The van der Waals surface area contributed by atoms with E-state index in [9.17, 15) is 14.4 Å². The highest BCUT2D eigenvalue weighted by Crippen LogP contribution is 2.44. The Balaban J connectivity index is 1.66. The Morgan fingerprint density at radius 1 is 1.07 bits per heavy atom. The maximum Gasteiger partial charge on any atom is 0.266 e. The van der Waals surface area contributed by atoms with Crippen LogP contribution in [0.3, 0.4) is 0 Å². The minimum absolute atomic E-state index is 0.151. The molecule has 2 aliphatic rings. The van der Waals surface area contributed by atoms with E-state index in [4.69, 9.17) is 12.2 Å². The van der Waals surface area contributed by atoms with Crippen molar-refractivity contribution in [1.29, 1.82) is 0 Å². The summed E-state index contributed by atoms with van der Waals surface area (Å²) in [4.78, 5) is 42.0. The van der Waals surface area contributed by atoms with E-state index in [0.717, 1.165) is 17.3 Å². The van der Waals surface area contributed by atoms with Gasteiger partial charge in [0.1, 0.15) is 10.9 Å². The van der Waals surface area contributed by atoms with Crippen LogP contribution in [0.1, 0.15) is 18.1 Å². The highest BCUT2D eigenvalue weighted by Gasteiger charge is 2.41. The summed E-state index contributed by atoms with van der Waals surface area (Å²) in [7, 11) is 0. The second-order valence-electron chi connectivity index (χ2n) is 6.95. The molecule has 0 unspecified atom stereocenters. The van der Waals surface area contributed by atoms with Crippen molar-refractivity contribution >= 4 is 63.0 Å². The number of anilines is 2. The van der Waals surface area contributed by atoms with Gasteiger partial charge in [-0.1, -0.05) is 54.3 Å². The molecule has 2 aromatic carbocycles. The van der Waals surface area contributed by atoms with Gasteiger partial charge in [0, 0.05) is 17.8 Å². The highest BCUT2D eigenvalue weighted by molar-refractivity contribution is 8.26. The molecule has 2 heterocycles. The zero-order chi connectivity index (χ0) is 21.4. The van der Waals surface area contributed by atoms with E-state index in [0.29, 0.717) is 38.3 Å². The average Bonchev–Trinajstić information content (AvgIpc) is 3.14. The number of carbonyl (C=O) groups is 3. The van der Waals surface area contributed by atoms with Gasteiger partial charge >= 0.3 is 0 Å². The molecule has 30 heavy (non-hydrogen) atoms. The predicted molar refractivity (Wildman–Crippen MR) is 123 cm³/mol. The van der Waals surface area contributed by atoms with Gasteiger partial charge in [-0.05, 0) is 37.6 Å². The Bertz CT molecular complexity index is 1130. The van der Waals surface area contributed by atoms with Crippen molar-refractivity contribution in [1.82, 2.24) is 4.90 Å². The largest absolute Gasteiger partial charge is 0.325 e. The van der Waals surface area contributed by atoms with Crippen LogP contribution in [0, 0.1) is 6.92 Å². The lowest BCUT2D eigenvalue weighted by Gasteiger charge is -2.17. The number of likely N-dealkylation sites (N-methyl/N-ethyl adjacent to an activating group) is 1. The van der Waals surface area contributed by atoms with Crippen LogP contribution < -0.4 is 10.2 Å². The summed E-state index contributed by atoms with van der Waals surface area (Å²) in [6.07, 6.45) is 0. The number of benzene rings is 2. The summed E-state index contributed by atoms with van der Waals surface area (Å²) >= 11 is 6.43. The zero-order valence-corrected chi connectivity index (χ0v) is 18.1. The molecule has 2 aliphatic heterocycles. The Morgan fingerprint density at radius 2 is 1.83 bits per heavy atom. The maximum absolute atomic E-state index is 13.3. The Kier molecular flexibility index (Phi) is 5.44. The monoisotopic (exact) mass is 437 g/mol. The van der Waals surface area contributed by atoms with Gasteiger partial charge in [0.15, 0.2) is 0 Å². The molecule has 0 aliphatic carbocycles. The van der Waals surface area contributed by atoms with Crippen molar-refractivity contribution in [2.24, 2.45) is 0 Å². The average molecular weight is 438 g/mol. The van der Waals surface area contributed by atoms with E-state index < -0.39 is 0 Å². The molecule has 0 radical (unpaired) electrons. The zero-order valence-electron chi connectivity index (χ0n) is 16.5. The van der Waals surface area contributed by atoms with Crippen molar-refractivity contribution in [2.75, 3.05) is 23.3 Å². The fourth-order valence-electron chi connectivity index (χ4n) is 3.55. The molecular weight excluding hydrogens is 418 g/mol. The third kappa shape index (κ3) is 3.53. The summed E-state index contributed by atoms with van der Waals surface area (Å²) in [6, 6.07) is 14.6. The van der Waals surface area contributed by atoms with Crippen LogP contribution in [0.15, 0.2) is 53.4 Å². The lowest BCUT2D eigenvalue weighted by molar-refractivity contribution is -0.122.